The second-order valence-electron chi connectivity index (χ2n) is 5.00. The lowest BCUT2D eigenvalue weighted by atomic mass is 9.88. The minimum absolute atomic E-state index is 0.167. The first-order chi connectivity index (χ1) is 8.07. The molecule has 0 aliphatic carbocycles. The number of rotatable bonds is 7. The summed E-state index contributed by atoms with van der Waals surface area (Å²) in [4.78, 5) is 4.40. The summed E-state index contributed by atoms with van der Waals surface area (Å²) in [6.07, 6.45) is 1.85. The maximum atomic E-state index is 8.84. The standard InChI is InChI=1S/C13H23N3O/c1-13(2,8-5-9-17)10-15-12-7-4-6-11(14-3)16-12/h4,6-7,17H,5,8-10H2,1-3H3,(H2,14,15,16). The molecule has 0 unspecified atom stereocenters. The number of aromatic nitrogens is 1. The van der Waals surface area contributed by atoms with E-state index in [9.17, 15) is 0 Å². The maximum Gasteiger partial charge on any atom is 0.128 e. The molecule has 0 bridgehead atoms. The Bertz CT molecular complexity index is 339. The van der Waals surface area contributed by atoms with Crippen LogP contribution in [0.3, 0.4) is 0 Å². The molecule has 3 N–H and O–H groups in total. The van der Waals surface area contributed by atoms with E-state index in [-0.39, 0.29) is 12.0 Å². The summed E-state index contributed by atoms with van der Waals surface area (Å²) in [5.74, 6) is 1.75. The molecule has 1 aromatic rings. The van der Waals surface area contributed by atoms with Gasteiger partial charge in [0.05, 0.1) is 0 Å². The summed E-state index contributed by atoms with van der Waals surface area (Å²) in [7, 11) is 1.86. The monoisotopic (exact) mass is 237 g/mol. The molecule has 1 heterocycles. The van der Waals surface area contributed by atoms with Gasteiger partial charge in [-0.2, -0.15) is 0 Å². The van der Waals surface area contributed by atoms with Crippen molar-refractivity contribution in [2.24, 2.45) is 5.41 Å². The first-order valence-corrected chi connectivity index (χ1v) is 6.07. The third-order valence-electron chi connectivity index (χ3n) is 2.76. The van der Waals surface area contributed by atoms with Crippen LogP contribution in [0.25, 0.3) is 0 Å². The van der Waals surface area contributed by atoms with Gasteiger partial charge in [-0.1, -0.05) is 19.9 Å². The van der Waals surface area contributed by atoms with Gasteiger partial charge < -0.3 is 15.7 Å². The Morgan fingerprint density at radius 3 is 2.65 bits per heavy atom. The summed E-state index contributed by atoms with van der Waals surface area (Å²) in [5, 5.41) is 15.2. The number of anilines is 2. The molecule has 96 valence electrons. The van der Waals surface area contributed by atoms with Crippen LogP contribution in [0, 0.1) is 5.41 Å². The predicted octanol–water partition coefficient (Wildman–Crippen LogP) is 2.33. The van der Waals surface area contributed by atoms with Gasteiger partial charge in [-0.05, 0) is 30.4 Å². The Hall–Kier alpha value is -1.29. The van der Waals surface area contributed by atoms with Crippen LogP contribution >= 0.6 is 0 Å². The molecule has 0 radical (unpaired) electrons. The van der Waals surface area contributed by atoms with Crippen molar-refractivity contribution >= 4 is 11.6 Å². The summed E-state index contributed by atoms with van der Waals surface area (Å²) in [6, 6.07) is 5.87. The fourth-order valence-electron chi connectivity index (χ4n) is 1.65. The number of pyridine rings is 1. The second kappa shape index (κ2) is 6.45. The predicted molar refractivity (Wildman–Crippen MR) is 72.4 cm³/mol. The SMILES string of the molecule is CNc1cccc(NCC(C)(C)CCCO)n1. The molecule has 0 aliphatic heterocycles. The largest absolute Gasteiger partial charge is 0.396 e. The average Bonchev–Trinajstić information content (AvgIpc) is 2.34. The van der Waals surface area contributed by atoms with E-state index in [2.05, 4.69) is 29.5 Å². The molecule has 4 heteroatoms. The van der Waals surface area contributed by atoms with E-state index in [4.69, 9.17) is 5.11 Å². The van der Waals surface area contributed by atoms with Crippen LogP contribution in [0.5, 0.6) is 0 Å². The highest BCUT2D eigenvalue weighted by Gasteiger charge is 2.17. The Kier molecular flexibility index (Phi) is 5.22. The molecule has 0 atom stereocenters. The van der Waals surface area contributed by atoms with E-state index in [0.717, 1.165) is 31.0 Å². The molecule has 0 aliphatic rings. The molecule has 0 saturated carbocycles. The molecule has 1 aromatic heterocycles. The van der Waals surface area contributed by atoms with Gasteiger partial charge in [-0.25, -0.2) is 4.98 Å². The summed E-state index contributed by atoms with van der Waals surface area (Å²) >= 11 is 0. The van der Waals surface area contributed by atoms with Crippen molar-refractivity contribution in [1.82, 2.24) is 4.98 Å². The Morgan fingerprint density at radius 1 is 1.29 bits per heavy atom. The van der Waals surface area contributed by atoms with Crippen LogP contribution in [0.2, 0.25) is 0 Å². The van der Waals surface area contributed by atoms with Crippen molar-refractivity contribution in [2.75, 3.05) is 30.8 Å². The Morgan fingerprint density at radius 2 is 2.00 bits per heavy atom. The van der Waals surface area contributed by atoms with Gasteiger partial charge in [0.15, 0.2) is 0 Å². The molecule has 0 aromatic carbocycles. The number of hydrogen-bond donors (Lipinski definition) is 3. The first kappa shape index (κ1) is 13.8. The summed E-state index contributed by atoms with van der Waals surface area (Å²) < 4.78 is 0. The molecule has 0 saturated heterocycles. The molecule has 4 nitrogen and oxygen atoms in total. The average molecular weight is 237 g/mol. The molecular weight excluding hydrogens is 214 g/mol. The van der Waals surface area contributed by atoms with E-state index < -0.39 is 0 Å². The van der Waals surface area contributed by atoms with E-state index in [1.54, 1.807) is 0 Å². The zero-order valence-electron chi connectivity index (χ0n) is 11.0. The normalized spacial score (nSPS) is 11.3. The minimum Gasteiger partial charge on any atom is -0.396 e. The Balaban J connectivity index is 2.48. The lowest BCUT2D eigenvalue weighted by Crippen LogP contribution is -2.23. The highest BCUT2D eigenvalue weighted by molar-refractivity contribution is 5.44. The summed E-state index contributed by atoms with van der Waals surface area (Å²) in [5.41, 5.74) is 0.167. The van der Waals surface area contributed by atoms with Gasteiger partial charge in [-0.3, -0.25) is 0 Å². The van der Waals surface area contributed by atoms with Gasteiger partial charge >= 0.3 is 0 Å². The van der Waals surface area contributed by atoms with Crippen molar-refractivity contribution in [1.29, 1.82) is 0 Å². The molecule has 0 fully saturated rings. The smallest absolute Gasteiger partial charge is 0.128 e. The zero-order chi connectivity index (χ0) is 12.7. The van der Waals surface area contributed by atoms with Crippen LogP contribution in [-0.4, -0.2) is 30.3 Å². The zero-order valence-corrected chi connectivity index (χ0v) is 11.0. The fourth-order valence-corrected chi connectivity index (χ4v) is 1.65. The van der Waals surface area contributed by atoms with Crippen molar-refractivity contribution < 1.29 is 5.11 Å². The quantitative estimate of drug-likeness (QED) is 0.681. The molecule has 0 spiro atoms. The number of nitrogens with zero attached hydrogens (tertiary/aromatic N) is 1. The van der Waals surface area contributed by atoms with Crippen molar-refractivity contribution in [3.63, 3.8) is 0 Å². The highest BCUT2D eigenvalue weighted by atomic mass is 16.2. The van der Waals surface area contributed by atoms with E-state index in [1.165, 1.54) is 0 Å². The third-order valence-corrected chi connectivity index (χ3v) is 2.76. The molecular formula is C13H23N3O. The van der Waals surface area contributed by atoms with E-state index in [1.807, 2.05) is 25.2 Å². The number of hydrogen-bond acceptors (Lipinski definition) is 4. The van der Waals surface area contributed by atoms with E-state index >= 15 is 0 Å². The number of nitrogens with one attached hydrogen (secondary N) is 2. The summed E-state index contributed by atoms with van der Waals surface area (Å²) in [6.45, 7) is 5.50. The number of aliphatic hydroxyl groups is 1. The van der Waals surface area contributed by atoms with Crippen LogP contribution in [0.15, 0.2) is 18.2 Å². The van der Waals surface area contributed by atoms with Crippen molar-refractivity contribution in [3.8, 4) is 0 Å². The lowest BCUT2D eigenvalue weighted by Gasteiger charge is -2.25. The highest BCUT2D eigenvalue weighted by Crippen LogP contribution is 2.22. The van der Waals surface area contributed by atoms with Crippen LogP contribution in [0.4, 0.5) is 11.6 Å². The maximum absolute atomic E-state index is 8.84. The van der Waals surface area contributed by atoms with Gasteiger partial charge in [0.2, 0.25) is 0 Å². The molecule has 0 amide bonds. The molecule has 17 heavy (non-hydrogen) atoms. The van der Waals surface area contributed by atoms with Crippen LogP contribution in [0.1, 0.15) is 26.7 Å². The first-order valence-electron chi connectivity index (χ1n) is 6.07. The second-order valence-corrected chi connectivity index (χ2v) is 5.00. The fraction of sp³-hybridized carbons (Fsp3) is 0.615. The Labute approximate surface area is 103 Å². The van der Waals surface area contributed by atoms with Crippen LogP contribution < -0.4 is 10.6 Å². The topological polar surface area (TPSA) is 57.2 Å². The van der Waals surface area contributed by atoms with E-state index in [0.29, 0.717) is 0 Å². The third kappa shape index (κ3) is 5.04. The van der Waals surface area contributed by atoms with Gasteiger partial charge in [0.1, 0.15) is 11.6 Å². The van der Waals surface area contributed by atoms with Crippen LogP contribution in [-0.2, 0) is 0 Å². The number of aliphatic hydroxyl groups excluding tert-OH is 1. The lowest BCUT2D eigenvalue weighted by molar-refractivity contribution is 0.248. The van der Waals surface area contributed by atoms with Crippen molar-refractivity contribution in [3.05, 3.63) is 18.2 Å². The van der Waals surface area contributed by atoms with Crippen molar-refractivity contribution in [2.45, 2.75) is 26.7 Å². The van der Waals surface area contributed by atoms with Gasteiger partial charge in [0, 0.05) is 20.2 Å². The molecule has 1 rings (SSSR count). The van der Waals surface area contributed by atoms with Gasteiger partial charge in [0.25, 0.3) is 0 Å². The van der Waals surface area contributed by atoms with Gasteiger partial charge in [-0.15, -0.1) is 0 Å². The minimum atomic E-state index is 0.167.